The summed E-state index contributed by atoms with van der Waals surface area (Å²) in [6.45, 7) is 4.04. The van der Waals surface area contributed by atoms with Gasteiger partial charge in [-0.25, -0.2) is 4.79 Å². The van der Waals surface area contributed by atoms with Gasteiger partial charge >= 0.3 is 11.9 Å². The third-order valence-electron chi connectivity index (χ3n) is 2.96. The third kappa shape index (κ3) is 4.86. The predicted molar refractivity (Wildman–Crippen MR) is 78.8 cm³/mol. The van der Waals surface area contributed by atoms with Crippen LogP contribution in [0, 0.1) is 0 Å². The molecule has 0 aliphatic heterocycles. The van der Waals surface area contributed by atoms with Gasteiger partial charge in [-0.1, -0.05) is 20.3 Å². The number of hydrogen-bond donors (Lipinski definition) is 3. The van der Waals surface area contributed by atoms with Crippen LogP contribution >= 0.6 is 11.3 Å². The zero-order valence-electron chi connectivity index (χ0n) is 12.0. The van der Waals surface area contributed by atoms with Crippen LogP contribution in [0.3, 0.4) is 0 Å². The molecule has 0 bridgehead atoms. The average Bonchev–Trinajstić information content (AvgIpc) is 2.81. The first kappa shape index (κ1) is 17.2. The molecule has 1 atom stereocenters. The van der Waals surface area contributed by atoms with E-state index in [0.29, 0.717) is 4.88 Å². The fraction of sp³-hybridized carbons (Fsp3) is 0.500. The molecule has 21 heavy (non-hydrogen) atoms. The van der Waals surface area contributed by atoms with Gasteiger partial charge in [-0.2, -0.15) is 0 Å². The normalized spacial score (nSPS) is 11.9. The first-order valence-corrected chi connectivity index (χ1v) is 7.57. The van der Waals surface area contributed by atoms with E-state index in [2.05, 4.69) is 5.32 Å². The second kappa shape index (κ2) is 7.78. The number of carboxylic acids is 2. The smallest absolute Gasteiger partial charge is 0.326 e. The van der Waals surface area contributed by atoms with E-state index in [1.165, 1.54) is 11.3 Å². The molecule has 0 aliphatic rings. The number of rotatable bonds is 8. The number of carbonyl (C=O) groups is 3. The van der Waals surface area contributed by atoms with E-state index in [0.717, 1.165) is 29.7 Å². The molecule has 1 rings (SSSR count). The monoisotopic (exact) mass is 313 g/mol. The summed E-state index contributed by atoms with van der Waals surface area (Å²) >= 11 is 1.34. The molecule has 1 aromatic rings. The minimum absolute atomic E-state index is 0.423. The summed E-state index contributed by atoms with van der Waals surface area (Å²) < 4.78 is 0. The van der Waals surface area contributed by atoms with Gasteiger partial charge in [0.05, 0.1) is 11.3 Å². The Morgan fingerprint density at radius 2 is 1.95 bits per heavy atom. The molecule has 3 N–H and O–H groups in total. The van der Waals surface area contributed by atoms with E-state index < -0.39 is 30.3 Å². The van der Waals surface area contributed by atoms with Gasteiger partial charge in [0.2, 0.25) is 0 Å². The lowest BCUT2D eigenvalue weighted by molar-refractivity contribution is -0.145. The molecule has 0 radical (unpaired) electrons. The van der Waals surface area contributed by atoms with Gasteiger partial charge in [0.15, 0.2) is 0 Å². The molecule has 1 amide bonds. The molecule has 116 valence electrons. The Hall–Kier alpha value is -1.89. The average molecular weight is 313 g/mol. The van der Waals surface area contributed by atoms with Crippen LogP contribution < -0.4 is 5.32 Å². The molecule has 1 aromatic heterocycles. The third-order valence-corrected chi connectivity index (χ3v) is 4.20. The molecule has 0 aliphatic carbocycles. The SMILES string of the molecule is CCCc1sc(C(=O)NC(CC(=O)O)C(=O)O)cc1CC. The number of thiophene rings is 1. The molecule has 1 unspecified atom stereocenters. The van der Waals surface area contributed by atoms with E-state index in [-0.39, 0.29) is 0 Å². The zero-order chi connectivity index (χ0) is 16.0. The van der Waals surface area contributed by atoms with Crippen LogP contribution in [0.2, 0.25) is 0 Å². The van der Waals surface area contributed by atoms with Crippen LogP contribution in [0.25, 0.3) is 0 Å². The maximum Gasteiger partial charge on any atom is 0.326 e. The Kier molecular flexibility index (Phi) is 6.36. The van der Waals surface area contributed by atoms with Crippen molar-refractivity contribution < 1.29 is 24.6 Å². The van der Waals surface area contributed by atoms with E-state index in [1.54, 1.807) is 6.07 Å². The van der Waals surface area contributed by atoms with Crippen LogP contribution in [0.1, 0.15) is 46.8 Å². The van der Waals surface area contributed by atoms with E-state index in [9.17, 15) is 14.4 Å². The highest BCUT2D eigenvalue weighted by Crippen LogP contribution is 2.24. The number of aryl methyl sites for hydroxylation is 2. The van der Waals surface area contributed by atoms with Crippen LogP contribution in [0.15, 0.2) is 6.07 Å². The topological polar surface area (TPSA) is 104 Å². The Labute approximate surface area is 126 Å². The van der Waals surface area contributed by atoms with Gasteiger partial charge in [0.1, 0.15) is 6.04 Å². The summed E-state index contributed by atoms with van der Waals surface area (Å²) in [5.74, 6) is -3.16. The quantitative estimate of drug-likeness (QED) is 0.680. The van der Waals surface area contributed by atoms with Gasteiger partial charge < -0.3 is 15.5 Å². The van der Waals surface area contributed by atoms with Gasteiger partial charge in [0, 0.05) is 4.88 Å². The van der Waals surface area contributed by atoms with Crippen molar-refractivity contribution in [3.63, 3.8) is 0 Å². The van der Waals surface area contributed by atoms with Gasteiger partial charge in [-0.15, -0.1) is 11.3 Å². The van der Waals surface area contributed by atoms with Crippen molar-refractivity contribution in [2.75, 3.05) is 0 Å². The van der Waals surface area contributed by atoms with Crippen molar-refractivity contribution in [3.05, 3.63) is 21.4 Å². The fourth-order valence-electron chi connectivity index (χ4n) is 1.92. The molecule has 7 heteroatoms. The molecule has 0 saturated carbocycles. The minimum Gasteiger partial charge on any atom is -0.481 e. The summed E-state index contributed by atoms with van der Waals surface area (Å²) in [4.78, 5) is 35.2. The number of nitrogens with one attached hydrogen (secondary N) is 1. The molecule has 6 nitrogen and oxygen atoms in total. The van der Waals surface area contributed by atoms with Crippen molar-refractivity contribution in [2.45, 2.75) is 45.6 Å². The second-order valence-electron chi connectivity index (χ2n) is 4.62. The highest BCUT2D eigenvalue weighted by Gasteiger charge is 2.24. The Morgan fingerprint density at radius 3 is 2.43 bits per heavy atom. The van der Waals surface area contributed by atoms with Crippen molar-refractivity contribution in [1.82, 2.24) is 5.32 Å². The lowest BCUT2D eigenvalue weighted by Crippen LogP contribution is -2.41. The first-order valence-electron chi connectivity index (χ1n) is 6.76. The number of amides is 1. The summed E-state index contributed by atoms with van der Waals surface area (Å²) in [5, 5.41) is 19.9. The van der Waals surface area contributed by atoms with Crippen molar-refractivity contribution in [2.24, 2.45) is 0 Å². The molecule has 0 saturated heterocycles. The van der Waals surface area contributed by atoms with Crippen LogP contribution in [-0.2, 0) is 22.4 Å². The van der Waals surface area contributed by atoms with Gasteiger partial charge in [-0.05, 0) is 24.5 Å². The number of hydrogen-bond acceptors (Lipinski definition) is 4. The Bertz CT molecular complexity index is 537. The molecular weight excluding hydrogens is 294 g/mol. The van der Waals surface area contributed by atoms with E-state index in [1.807, 2.05) is 13.8 Å². The zero-order valence-corrected chi connectivity index (χ0v) is 12.8. The number of carboxylic acid groups (broad SMARTS) is 2. The molecule has 1 heterocycles. The lowest BCUT2D eigenvalue weighted by atomic mass is 10.1. The Morgan fingerprint density at radius 1 is 1.29 bits per heavy atom. The maximum atomic E-state index is 12.1. The highest BCUT2D eigenvalue weighted by molar-refractivity contribution is 7.14. The standard InChI is InChI=1S/C14H19NO5S/c1-3-5-10-8(4-2)6-11(21-10)13(18)15-9(14(19)20)7-12(16)17/h6,9H,3-5,7H2,1-2H3,(H,15,18)(H,16,17)(H,19,20). The summed E-state index contributed by atoms with van der Waals surface area (Å²) in [6, 6.07) is 0.335. The van der Waals surface area contributed by atoms with Crippen molar-refractivity contribution in [1.29, 1.82) is 0 Å². The van der Waals surface area contributed by atoms with E-state index in [4.69, 9.17) is 10.2 Å². The number of carbonyl (C=O) groups excluding carboxylic acids is 1. The highest BCUT2D eigenvalue weighted by atomic mass is 32.1. The largest absolute Gasteiger partial charge is 0.481 e. The van der Waals surface area contributed by atoms with Crippen molar-refractivity contribution in [3.8, 4) is 0 Å². The maximum absolute atomic E-state index is 12.1. The Balaban J connectivity index is 2.87. The lowest BCUT2D eigenvalue weighted by Gasteiger charge is -2.11. The summed E-state index contributed by atoms with van der Waals surface area (Å²) in [7, 11) is 0. The molecular formula is C14H19NO5S. The molecule has 0 fully saturated rings. The second-order valence-corrected chi connectivity index (χ2v) is 5.76. The van der Waals surface area contributed by atoms with Crippen LogP contribution in [0.5, 0.6) is 0 Å². The van der Waals surface area contributed by atoms with E-state index >= 15 is 0 Å². The van der Waals surface area contributed by atoms with Crippen molar-refractivity contribution >= 4 is 29.2 Å². The first-order chi connectivity index (χ1) is 9.88. The van der Waals surface area contributed by atoms with Gasteiger partial charge in [0.25, 0.3) is 5.91 Å². The van der Waals surface area contributed by atoms with Crippen LogP contribution in [-0.4, -0.2) is 34.1 Å². The summed E-state index contributed by atoms with van der Waals surface area (Å²) in [6.07, 6.45) is 2.00. The predicted octanol–water partition coefficient (Wildman–Crippen LogP) is 1.92. The molecule has 0 spiro atoms. The van der Waals surface area contributed by atoms with Gasteiger partial charge in [-0.3, -0.25) is 9.59 Å². The number of aliphatic carboxylic acids is 2. The minimum atomic E-state index is -1.42. The fourth-order valence-corrected chi connectivity index (χ4v) is 3.18. The van der Waals surface area contributed by atoms with Crippen LogP contribution in [0.4, 0.5) is 0 Å². The molecule has 0 aromatic carbocycles. The summed E-state index contributed by atoms with van der Waals surface area (Å²) in [5.41, 5.74) is 1.08.